The Hall–Kier alpha value is -2.30. The molecule has 0 unspecified atom stereocenters. The molecule has 5 nitrogen and oxygen atoms in total. The number of hydrogen-bond acceptors (Lipinski definition) is 5. The van der Waals surface area contributed by atoms with Gasteiger partial charge in [0.2, 0.25) is 5.89 Å². The van der Waals surface area contributed by atoms with Gasteiger partial charge in [-0.2, -0.15) is 0 Å². The van der Waals surface area contributed by atoms with Crippen LogP contribution in [0, 0.1) is 0 Å². The first kappa shape index (κ1) is 13.1. The molecule has 0 aliphatic carbocycles. The maximum absolute atomic E-state index is 11.3. The van der Waals surface area contributed by atoms with Crippen LogP contribution in [0.4, 0.5) is 0 Å². The molecule has 2 aromatic rings. The number of esters is 1. The van der Waals surface area contributed by atoms with Crippen molar-refractivity contribution in [2.75, 3.05) is 13.7 Å². The molecule has 1 aromatic heterocycles. The molecule has 0 N–H and O–H groups in total. The molecule has 0 saturated heterocycles. The maximum atomic E-state index is 11.3. The van der Waals surface area contributed by atoms with Crippen LogP contribution in [-0.4, -0.2) is 24.7 Å². The van der Waals surface area contributed by atoms with Crippen LogP contribution in [0.3, 0.4) is 0 Å². The van der Waals surface area contributed by atoms with Gasteiger partial charge >= 0.3 is 5.97 Å². The molecule has 1 aromatic carbocycles. The van der Waals surface area contributed by atoms with Gasteiger partial charge in [-0.3, -0.25) is 4.79 Å². The summed E-state index contributed by atoms with van der Waals surface area (Å²) >= 11 is 0. The van der Waals surface area contributed by atoms with Crippen molar-refractivity contribution in [3.8, 4) is 17.2 Å². The molecule has 0 radical (unpaired) electrons. The molecule has 0 aliphatic heterocycles. The highest BCUT2D eigenvalue weighted by atomic mass is 16.5. The lowest BCUT2D eigenvalue weighted by Gasteiger charge is -2.00. The molecule has 0 aliphatic rings. The van der Waals surface area contributed by atoms with Crippen molar-refractivity contribution >= 4 is 5.97 Å². The van der Waals surface area contributed by atoms with E-state index in [1.54, 1.807) is 14.0 Å². The van der Waals surface area contributed by atoms with Crippen LogP contribution in [0.25, 0.3) is 11.5 Å². The van der Waals surface area contributed by atoms with Gasteiger partial charge in [-0.1, -0.05) is 0 Å². The minimum Gasteiger partial charge on any atom is -0.497 e. The topological polar surface area (TPSA) is 61.6 Å². The van der Waals surface area contributed by atoms with Gasteiger partial charge in [-0.15, -0.1) is 0 Å². The average molecular weight is 261 g/mol. The Labute approximate surface area is 111 Å². The molecular formula is C14H15NO4. The van der Waals surface area contributed by atoms with E-state index in [0.29, 0.717) is 18.3 Å². The fraction of sp³-hybridized carbons (Fsp3) is 0.286. The predicted octanol–water partition coefficient (Wildman–Crippen LogP) is 2.46. The van der Waals surface area contributed by atoms with Crippen molar-refractivity contribution in [3.05, 3.63) is 36.2 Å². The average Bonchev–Trinajstić information content (AvgIpc) is 2.87. The summed E-state index contributed by atoms with van der Waals surface area (Å²) in [5.41, 5.74) is 0.830. The monoisotopic (exact) mass is 261 g/mol. The van der Waals surface area contributed by atoms with Gasteiger partial charge < -0.3 is 13.9 Å². The summed E-state index contributed by atoms with van der Waals surface area (Å²) in [5.74, 6) is 1.41. The number of aromatic nitrogens is 1. The van der Waals surface area contributed by atoms with Gasteiger partial charge in [0, 0.05) is 5.56 Å². The largest absolute Gasteiger partial charge is 0.497 e. The van der Waals surface area contributed by atoms with Gasteiger partial charge in [0.1, 0.15) is 17.9 Å². The number of carbonyl (C=O) groups is 1. The van der Waals surface area contributed by atoms with E-state index < -0.39 is 0 Å². The molecule has 100 valence electrons. The first-order valence-electron chi connectivity index (χ1n) is 5.97. The summed E-state index contributed by atoms with van der Waals surface area (Å²) in [4.78, 5) is 15.5. The minimum absolute atomic E-state index is 0.0942. The zero-order valence-corrected chi connectivity index (χ0v) is 10.9. The molecule has 0 saturated carbocycles. The van der Waals surface area contributed by atoms with Gasteiger partial charge in [0.25, 0.3) is 0 Å². The first-order chi connectivity index (χ1) is 9.22. The molecule has 0 bridgehead atoms. The highest BCUT2D eigenvalue weighted by molar-refractivity contribution is 5.71. The van der Waals surface area contributed by atoms with E-state index in [9.17, 15) is 4.79 Å². The van der Waals surface area contributed by atoms with Crippen LogP contribution in [0.1, 0.15) is 12.7 Å². The van der Waals surface area contributed by atoms with Gasteiger partial charge in [0.15, 0.2) is 0 Å². The van der Waals surface area contributed by atoms with Crippen LogP contribution in [-0.2, 0) is 16.0 Å². The number of ether oxygens (including phenoxy) is 2. The maximum Gasteiger partial charge on any atom is 0.313 e. The number of benzene rings is 1. The minimum atomic E-state index is -0.320. The fourth-order valence-electron chi connectivity index (χ4n) is 1.61. The predicted molar refractivity (Wildman–Crippen MR) is 68.8 cm³/mol. The zero-order chi connectivity index (χ0) is 13.7. The smallest absolute Gasteiger partial charge is 0.313 e. The van der Waals surface area contributed by atoms with Gasteiger partial charge in [0.05, 0.1) is 19.9 Å². The van der Waals surface area contributed by atoms with Crippen molar-refractivity contribution in [1.29, 1.82) is 0 Å². The molecule has 5 heteroatoms. The Bertz CT molecular complexity index is 545. The Kier molecular flexibility index (Phi) is 4.18. The number of methoxy groups -OCH3 is 1. The van der Waals surface area contributed by atoms with Gasteiger partial charge in [-0.05, 0) is 31.2 Å². The summed E-state index contributed by atoms with van der Waals surface area (Å²) < 4.78 is 15.4. The lowest BCUT2D eigenvalue weighted by molar-refractivity contribution is -0.142. The van der Waals surface area contributed by atoms with Crippen LogP contribution in [0.15, 0.2) is 34.9 Å². The second-order valence-electron chi connectivity index (χ2n) is 3.84. The standard InChI is InChI=1S/C14H15NO4/c1-3-18-13(16)8-12-9-15-14(19-12)10-4-6-11(17-2)7-5-10/h4-7,9H,3,8H2,1-2H3. The van der Waals surface area contributed by atoms with E-state index in [0.717, 1.165) is 11.3 Å². The van der Waals surface area contributed by atoms with E-state index in [1.165, 1.54) is 6.20 Å². The van der Waals surface area contributed by atoms with Crippen molar-refractivity contribution in [2.24, 2.45) is 0 Å². The summed E-state index contributed by atoms with van der Waals surface area (Å²) in [6, 6.07) is 7.34. The second-order valence-corrected chi connectivity index (χ2v) is 3.84. The molecule has 0 spiro atoms. The second kappa shape index (κ2) is 6.04. The number of carbonyl (C=O) groups excluding carboxylic acids is 1. The van der Waals surface area contributed by atoms with Gasteiger partial charge in [-0.25, -0.2) is 4.98 Å². The van der Waals surface area contributed by atoms with Crippen LogP contribution in [0.5, 0.6) is 5.75 Å². The number of oxazole rings is 1. The third kappa shape index (κ3) is 3.34. The Balaban J connectivity index is 2.09. The molecule has 1 heterocycles. The van der Waals surface area contributed by atoms with Crippen LogP contribution in [0.2, 0.25) is 0 Å². The number of hydrogen-bond donors (Lipinski definition) is 0. The lowest BCUT2D eigenvalue weighted by atomic mass is 10.2. The third-order valence-corrected chi connectivity index (χ3v) is 2.51. The van der Waals surface area contributed by atoms with Crippen molar-refractivity contribution < 1.29 is 18.7 Å². The molecular weight excluding hydrogens is 246 g/mol. The van der Waals surface area contributed by atoms with E-state index in [2.05, 4.69) is 4.98 Å². The van der Waals surface area contributed by atoms with Crippen LogP contribution < -0.4 is 4.74 Å². The quantitative estimate of drug-likeness (QED) is 0.774. The Morgan fingerprint density at radius 1 is 1.32 bits per heavy atom. The van der Waals surface area contributed by atoms with E-state index in [1.807, 2.05) is 24.3 Å². The van der Waals surface area contributed by atoms with E-state index >= 15 is 0 Å². The van der Waals surface area contributed by atoms with E-state index in [-0.39, 0.29) is 12.4 Å². The number of rotatable bonds is 5. The highest BCUT2D eigenvalue weighted by Gasteiger charge is 2.11. The van der Waals surface area contributed by atoms with Crippen molar-refractivity contribution in [1.82, 2.24) is 4.98 Å². The zero-order valence-electron chi connectivity index (χ0n) is 10.9. The lowest BCUT2D eigenvalue weighted by Crippen LogP contribution is -2.06. The van der Waals surface area contributed by atoms with Crippen LogP contribution >= 0.6 is 0 Å². The molecule has 19 heavy (non-hydrogen) atoms. The summed E-state index contributed by atoms with van der Waals surface area (Å²) in [6.07, 6.45) is 1.63. The molecule has 0 fully saturated rings. The first-order valence-corrected chi connectivity index (χ1v) is 5.97. The fourth-order valence-corrected chi connectivity index (χ4v) is 1.61. The Morgan fingerprint density at radius 3 is 2.68 bits per heavy atom. The van der Waals surface area contributed by atoms with Crippen molar-refractivity contribution in [3.63, 3.8) is 0 Å². The summed E-state index contributed by atoms with van der Waals surface area (Å²) in [6.45, 7) is 2.12. The molecule has 2 rings (SSSR count). The molecule has 0 atom stereocenters. The summed E-state index contributed by atoms with van der Waals surface area (Å²) in [7, 11) is 1.61. The third-order valence-electron chi connectivity index (χ3n) is 2.51. The number of nitrogens with zero attached hydrogens (tertiary/aromatic N) is 1. The Morgan fingerprint density at radius 2 is 2.05 bits per heavy atom. The van der Waals surface area contributed by atoms with Crippen molar-refractivity contribution in [2.45, 2.75) is 13.3 Å². The normalized spacial score (nSPS) is 10.2. The van der Waals surface area contributed by atoms with E-state index in [4.69, 9.17) is 13.9 Å². The SMILES string of the molecule is CCOC(=O)Cc1cnc(-c2ccc(OC)cc2)o1. The summed E-state index contributed by atoms with van der Waals surface area (Å²) in [5, 5.41) is 0. The highest BCUT2D eigenvalue weighted by Crippen LogP contribution is 2.22. The molecule has 0 amide bonds.